The third-order valence-electron chi connectivity index (χ3n) is 3.31. The summed E-state index contributed by atoms with van der Waals surface area (Å²) in [5, 5.41) is 0. The van der Waals surface area contributed by atoms with Crippen molar-refractivity contribution in [1.82, 2.24) is 0 Å². The Morgan fingerprint density at radius 1 is 1.27 bits per heavy atom. The maximum absolute atomic E-state index is 10.9. The average molecular weight is 233 g/mol. The molecule has 0 amide bonds. The second-order valence-electron chi connectivity index (χ2n) is 4.83. The van der Waals surface area contributed by atoms with Crippen molar-refractivity contribution in [1.29, 1.82) is 0 Å². The molecule has 0 bridgehead atoms. The van der Waals surface area contributed by atoms with Crippen LogP contribution in [0.25, 0.3) is 0 Å². The summed E-state index contributed by atoms with van der Waals surface area (Å²) in [5.74, 6) is 1.01. The van der Waals surface area contributed by atoms with E-state index in [1.807, 2.05) is 0 Å². The predicted molar refractivity (Wildman–Crippen MR) is 63.5 cm³/mol. The van der Waals surface area contributed by atoms with Gasteiger partial charge in [0.05, 0.1) is 0 Å². The molecule has 0 heterocycles. The first-order chi connectivity index (χ1) is 6.99. The molecule has 0 radical (unpaired) electrons. The number of rotatable bonds is 6. The smallest absolute Gasteiger partial charge is 0.147 e. The number of hydrogen-bond acceptors (Lipinski definition) is 3. The van der Waals surface area contributed by atoms with Gasteiger partial charge >= 0.3 is 0 Å². The fraction of sp³-hybridized carbons (Fsp3) is 1.00. The summed E-state index contributed by atoms with van der Waals surface area (Å²) < 4.78 is 21.8. The Labute approximate surface area is 93.3 Å². The van der Waals surface area contributed by atoms with E-state index in [4.69, 9.17) is 5.73 Å². The molecule has 0 aromatic carbocycles. The third-order valence-corrected chi connectivity index (χ3v) is 4.34. The van der Waals surface area contributed by atoms with E-state index in [1.54, 1.807) is 0 Å². The topological polar surface area (TPSA) is 60.2 Å². The summed E-state index contributed by atoms with van der Waals surface area (Å²) in [6.45, 7) is 0. The van der Waals surface area contributed by atoms with Crippen LogP contribution in [0.2, 0.25) is 0 Å². The van der Waals surface area contributed by atoms with E-state index in [1.165, 1.54) is 31.9 Å². The van der Waals surface area contributed by atoms with Gasteiger partial charge in [0.25, 0.3) is 0 Å². The Kier molecular flexibility index (Phi) is 5.06. The number of sulfone groups is 1. The van der Waals surface area contributed by atoms with E-state index >= 15 is 0 Å². The van der Waals surface area contributed by atoms with Gasteiger partial charge in [0.2, 0.25) is 0 Å². The van der Waals surface area contributed by atoms with Gasteiger partial charge in [0.1, 0.15) is 9.84 Å². The molecule has 1 fully saturated rings. The van der Waals surface area contributed by atoms with E-state index in [2.05, 4.69) is 0 Å². The second-order valence-corrected chi connectivity index (χ2v) is 7.09. The lowest BCUT2D eigenvalue weighted by Gasteiger charge is -2.18. The zero-order chi connectivity index (χ0) is 11.3. The zero-order valence-electron chi connectivity index (χ0n) is 9.61. The Hall–Kier alpha value is -0.0900. The average Bonchev–Trinajstić information content (AvgIpc) is 2.63. The second kappa shape index (κ2) is 5.85. The molecule has 0 spiro atoms. The highest BCUT2D eigenvalue weighted by Crippen LogP contribution is 2.28. The Morgan fingerprint density at radius 3 is 2.40 bits per heavy atom. The molecule has 0 saturated heterocycles. The minimum atomic E-state index is -2.78. The van der Waals surface area contributed by atoms with Crippen molar-refractivity contribution in [3.05, 3.63) is 0 Å². The fourth-order valence-electron chi connectivity index (χ4n) is 2.37. The van der Waals surface area contributed by atoms with Gasteiger partial charge in [-0.25, -0.2) is 8.42 Å². The van der Waals surface area contributed by atoms with Gasteiger partial charge in [-0.15, -0.1) is 0 Å². The minimum absolute atomic E-state index is 0.298. The summed E-state index contributed by atoms with van der Waals surface area (Å²) in [4.78, 5) is 0. The van der Waals surface area contributed by atoms with E-state index in [0.29, 0.717) is 17.7 Å². The van der Waals surface area contributed by atoms with Crippen molar-refractivity contribution in [3.8, 4) is 0 Å². The lowest BCUT2D eigenvalue weighted by molar-refractivity contribution is 0.400. The molecular formula is C11H23NO2S. The highest BCUT2D eigenvalue weighted by atomic mass is 32.2. The van der Waals surface area contributed by atoms with Gasteiger partial charge in [-0.1, -0.05) is 19.3 Å². The monoisotopic (exact) mass is 233 g/mol. The molecule has 1 saturated carbocycles. The van der Waals surface area contributed by atoms with Crippen molar-refractivity contribution in [3.63, 3.8) is 0 Å². The predicted octanol–water partition coefficient (Wildman–Crippen LogP) is 1.72. The molecule has 4 heteroatoms. The minimum Gasteiger partial charge on any atom is -0.327 e. The first-order valence-corrected chi connectivity index (χ1v) is 7.98. The molecule has 0 aromatic heterocycles. The number of nitrogens with two attached hydrogens (primary N) is 1. The van der Waals surface area contributed by atoms with Crippen LogP contribution in [0, 0.1) is 5.92 Å². The van der Waals surface area contributed by atoms with Crippen LogP contribution in [0.3, 0.4) is 0 Å². The van der Waals surface area contributed by atoms with Gasteiger partial charge in [0.15, 0.2) is 0 Å². The Morgan fingerprint density at radius 2 is 1.87 bits per heavy atom. The van der Waals surface area contributed by atoms with E-state index < -0.39 is 9.84 Å². The normalized spacial score (nSPS) is 20.7. The maximum Gasteiger partial charge on any atom is 0.147 e. The van der Waals surface area contributed by atoms with Gasteiger partial charge in [-0.05, 0) is 31.6 Å². The third kappa shape index (κ3) is 5.52. The van der Waals surface area contributed by atoms with Crippen molar-refractivity contribution in [2.75, 3.05) is 12.0 Å². The molecule has 15 heavy (non-hydrogen) atoms. The van der Waals surface area contributed by atoms with Crippen molar-refractivity contribution in [2.45, 2.75) is 51.0 Å². The summed E-state index contributed by atoms with van der Waals surface area (Å²) in [5.41, 5.74) is 6.08. The largest absolute Gasteiger partial charge is 0.327 e. The first kappa shape index (κ1) is 13.0. The standard InChI is InChI=1S/C11H23NO2S/c1-15(13,14)9-5-4-8-11(12)10-6-2-3-7-10/h10-11H,2-9,12H2,1H3. The Balaban J connectivity index is 2.09. The molecule has 2 N–H and O–H groups in total. The maximum atomic E-state index is 10.9. The first-order valence-electron chi connectivity index (χ1n) is 5.92. The van der Waals surface area contributed by atoms with Gasteiger partial charge in [0, 0.05) is 18.1 Å². The quantitative estimate of drug-likeness (QED) is 0.711. The van der Waals surface area contributed by atoms with E-state index in [0.717, 1.165) is 19.3 Å². The van der Waals surface area contributed by atoms with Crippen molar-refractivity contribution in [2.24, 2.45) is 11.7 Å². The summed E-state index contributed by atoms with van der Waals surface area (Å²) >= 11 is 0. The molecule has 1 aliphatic carbocycles. The molecular weight excluding hydrogens is 210 g/mol. The number of unbranched alkanes of at least 4 members (excludes halogenated alkanes) is 1. The molecule has 1 atom stereocenters. The molecule has 1 rings (SSSR count). The SMILES string of the molecule is CS(=O)(=O)CCCCC(N)C1CCCC1. The van der Waals surface area contributed by atoms with Crippen LogP contribution in [0.1, 0.15) is 44.9 Å². The van der Waals surface area contributed by atoms with Crippen LogP contribution < -0.4 is 5.73 Å². The van der Waals surface area contributed by atoms with Crippen LogP contribution in [0.5, 0.6) is 0 Å². The van der Waals surface area contributed by atoms with E-state index in [-0.39, 0.29) is 0 Å². The summed E-state index contributed by atoms with van der Waals surface area (Å²) in [7, 11) is -2.78. The van der Waals surface area contributed by atoms with Crippen LogP contribution in [-0.2, 0) is 9.84 Å². The Bertz CT molecular complexity index is 268. The van der Waals surface area contributed by atoms with Crippen LogP contribution in [-0.4, -0.2) is 26.5 Å². The highest BCUT2D eigenvalue weighted by Gasteiger charge is 2.21. The van der Waals surface area contributed by atoms with Crippen molar-refractivity contribution < 1.29 is 8.42 Å². The molecule has 0 aromatic rings. The van der Waals surface area contributed by atoms with E-state index in [9.17, 15) is 8.42 Å². The van der Waals surface area contributed by atoms with Crippen molar-refractivity contribution >= 4 is 9.84 Å². The summed E-state index contributed by atoms with van der Waals surface area (Å²) in [6.07, 6.45) is 9.18. The summed E-state index contributed by atoms with van der Waals surface area (Å²) in [6, 6.07) is 0.298. The van der Waals surface area contributed by atoms with Crippen LogP contribution >= 0.6 is 0 Å². The van der Waals surface area contributed by atoms with Gasteiger partial charge in [-0.3, -0.25) is 0 Å². The van der Waals surface area contributed by atoms with Gasteiger partial charge < -0.3 is 5.73 Å². The molecule has 1 unspecified atom stereocenters. The zero-order valence-corrected chi connectivity index (χ0v) is 10.4. The lowest BCUT2D eigenvalue weighted by Crippen LogP contribution is -2.28. The highest BCUT2D eigenvalue weighted by molar-refractivity contribution is 7.90. The molecule has 3 nitrogen and oxygen atoms in total. The fourth-order valence-corrected chi connectivity index (χ4v) is 3.09. The molecule has 1 aliphatic rings. The number of hydrogen-bond donors (Lipinski definition) is 1. The van der Waals surface area contributed by atoms with Crippen LogP contribution in [0.15, 0.2) is 0 Å². The lowest BCUT2D eigenvalue weighted by atomic mass is 9.95. The molecule has 0 aliphatic heterocycles. The van der Waals surface area contributed by atoms with Crippen LogP contribution in [0.4, 0.5) is 0 Å². The molecule has 90 valence electrons. The van der Waals surface area contributed by atoms with Gasteiger partial charge in [-0.2, -0.15) is 0 Å².